The van der Waals surface area contributed by atoms with Crippen molar-refractivity contribution in [3.8, 4) is 5.75 Å². The number of carbonyl (C=O) groups excluding carboxylic acids is 3. The average molecular weight is 451 g/mol. The number of imide groups is 2. The third-order valence-electron chi connectivity index (χ3n) is 4.62. The van der Waals surface area contributed by atoms with Crippen LogP contribution in [0, 0.1) is 0 Å². The Balaban J connectivity index is 1.82. The number of methoxy groups -OCH3 is 1. The number of amides is 4. The summed E-state index contributed by atoms with van der Waals surface area (Å²) in [4.78, 5) is 38.7. The largest absolute Gasteiger partial charge is 0.496 e. The average Bonchev–Trinajstić information content (AvgIpc) is 2.72. The number of ether oxygens (including phenoxy) is 1. The second-order valence-electron chi connectivity index (χ2n) is 6.34. The summed E-state index contributed by atoms with van der Waals surface area (Å²) >= 11 is 3.32. The zero-order chi connectivity index (χ0) is 20.5. The molecule has 0 bridgehead atoms. The highest BCUT2D eigenvalue weighted by molar-refractivity contribution is 9.10. The topological polar surface area (TPSA) is 75.7 Å². The molecular formula is C22H15BrN2O4. The van der Waals surface area contributed by atoms with E-state index in [4.69, 9.17) is 4.74 Å². The Kier molecular flexibility index (Phi) is 4.90. The minimum Gasteiger partial charge on any atom is -0.496 e. The van der Waals surface area contributed by atoms with Crippen LogP contribution in [0.15, 0.2) is 70.7 Å². The summed E-state index contributed by atoms with van der Waals surface area (Å²) in [6.45, 7) is 0. The van der Waals surface area contributed by atoms with E-state index in [2.05, 4.69) is 21.2 Å². The molecule has 3 aromatic rings. The Morgan fingerprint density at radius 1 is 0.931 bits per heavy atom. The maximum Gasteiger partial charge on any atom is 0.335 e. The maximum absolute atomic E-state index is 13.0. The molecule has 1 heterocycles. The van der Waals surface area contributed by atoms with Gasteiger partial charge >= 0.3 is 6.03 Å². The van der Waals surface area contributed by atoms with Crippen LogP contribution in [0.4, 0.5) is 10.5 Å². The van der Waals surface area contributed by atoms with Gasteiger partial charge in [0.15, 0.2) is 0 Å². The van der Waals surface area contributed by atoms with E-state index in [-0.39, 0.29) is 5.57 Å². The molecule has 0 aliphatic carbocycles. The molecule has 1 fully saturated rings. The third-order valence-corrected chi connectivity index (χ3v) is 5.15. The predicted molar refractivity (Wildman–Crippen MR) is 114 cm³/mol. The lowest BCUT2D eigenvalue weighted by molar-refractivity contribution is -0.122. The molecule has 0 unspecified atom stereocenters. The molecule has 0 saturated carbocycles. The maximum atomic E-state index is 13.0. The standard InChI is InChI=1S/C22H15BrN2O4/c1-29-19-11-6-13(16-4-2-3-5-17(16)19)12-18-20(26)24-22(28)25(21(18)27)15-9-7-14(23)8-10-15/h2-12H,1H3,(H,24,26,28). The number of barbiturate groups is 1. The fraction of sp³-hybridized carbons (Fsp3) is 0.0455. The first-order chi connectivity index (χ1) is 14.0. The van der Waals surface area contributed by atoms with Gasteiger partial charge in [-0.25, -0.2) is 9.69 Å². The van der Waals surface area contributed by atoms with Gasteiger partial charge in [-0.15, -0.1) is 0 Å². The van der Waals surface area contributed by atoms with Crippen LogP contribution >= 0.6 is 15.9 Å². The molecular weight excluding hydrogens is 436 g/mol. The number of nitrogens with one attached hydrogen (secondary N) is 1. The van der Waals surface area contributed by atoms with Crippen molar-refractivity contribution in [2.75, 3.05) is 12.0 Å². The van der Waals surface area contributed by atoms with E-state index in [1.54, 1.807) is 43.5 Å². The number of urea groups is 1. The molecule has 144 valence electrons. The van der Waals surface area contributed by atoms with E-state index < -0.39 is 17.8 Å². The Labute approximate surface area is 174 Å². The minimum absolute atomic E-state index is 0.122. The van der Waals surface area contributed by atoms with Gasteiger partial charge in [0, 0.05) is 9.86 Å². The zero-order valence-electron chi connectivity index (χ0n) is 15.3. The summed E-state index contributed by atoms with van der Waals surface area (Å²) in [5, 5.41) is 3.92. The molecule has 6 nitrogen and oxygen atoms in total. The summed E-state index contributed by atoms with van der Waals surface area (Å²) in [7, 11) is 1.58. The van der Waals surface area contributed by atoms with Gasteiger partial charge in [-0.1, -0.05) is 46.3 Å². The van der Waals surface area contributed by atoms with Crippen LogP contribution in [-0.2, 0) is 9.59 Å². The first kappa shape index (κ1) is 18.9. The minimum atomic E-state index is -0.779. The second-order valence-corrected chi connectivity index (χ2v) is 7.25. The molecule has 3 aromatic carbocycles. The Morgan fingerprint density at radius 3 is 2.31 bits per heavy atom. The molecule has 1 N–H and O–H groups in total. The van der Waals surface area contributed by atoms with Crippen molar-refractivity contribution in [2.24, 2.45) is 0 Å². The summed E-state index contributed by atoms with van der Waals surface area (Å²) < 4.78 is 6.20. The van der Waals surface area contributed by atoms with E-state index in [0.29, 0.717) is 17.0 Å². The van der Waals surface area contributed by atoms with Gasteiger partial charge in [-0.05, 0) is 47.4 Å². The molecule has 0 spiro atoms. The van der Waals surface area contributed by atoms with Gasteiger partial charge in [-0.3, -0.25) is 14.9 Å². The molecule has 29 heavy (non-hydrogen) atoms. The molecule has 1 aliphatic heterocycles. The number of benzene rings is 3. The fourth-order valence-electron chi connectivity index (χ4n) is 3.24. The highest BCUT2D eigenvalue weighted by atomic mass is 79.9. The smallest absolute Gasteiger partial charge is 0.335 e. The summed E-state index contributed by atoms with van der Waals surface area (Å²) in [6.07, 6.45) is 1.50. The van der Waals surface area contributed by atoms with E-state index in [0.717, 1.165) is 20.1 Å². The third kappa shape index (κ3) is 3.40. The SMILES string of the molecule is COc1ccc(C=C2C(=O)NC(=O)N(c3ccc(Br)cc3)C2=O)c2ccccc12. The van der Waals surface area contributed by atoms with Gasteiger partial charge in [0.25, 0.3) is 11.8 Å². The van der Waals surface area contributed by atoms with Crippen LogP contribution in [0.25, 0.3) is 16.8 Å². The van der Waals surface area contributed by atoms with Crippen LogP contribution in [0.2, 0.25) is 0 Å². The van der Waals surface area contributed by atoms with Crippen LogP contribution in [0.1, 0.15) is 5.56 Å². The van der Waals surface area contributed by atoms with Crippen molar-refractivity contribution >= 4 is 56.3 Å². The van der Waals surface area contributed by atoms with E-state index in [1.807, 2.05) is 24.3 Å². The van der Waals surface area contributed by atoms with E-state index >= 15 is 0 Å². The van der Waals surface area contributed by atoms with Crippen molar-refractivity contribution in [3.05, 3.63) is 76.3 Å². The summed E-state index contributed by atoms with van der Waals surface area (Å²) in [5.74, 6) is -0.719. The van der Waals surface area contributed by atoms with Gasteiger partial charge in [0.2, 0.25) is 0 Å². The molecule has 1 aliphatic rings. The fourth-order valence-corrected chi connectivity index (χ4v) is 3.50. The normalized spacial score (nSPS) is 15.7. The highest BCUT2D eigenvalue weighted by Crippen LogP contribution is 2.30. The number of carbonyl (C=O) groups is 3. The Hall–Kier alpha value is -3.45. The quantitative estimate of drug-likeness (QED) is 0.477. The van der Waals surface area contributed by atoms with Crippen molar-refractivity contribution in [1.29, 1.82) is 0 Å². The van der Waals surface area contributed by atoms with Crippen LogP contribution in [0.5, 0.6) is 5.75 Å². The lowest BCUT2D eigenvalue weighted by Gasteiger charge is -2.26. The Morgan fingerprint density at radius 2 is 1.62 bits per heavy atom. The number of hydrogen-bond acceptors (Lipinski definition) is 4. The van der Waals surface area contributed by atoms with Crippen LogP contribution in [-0.4, -0.2) is 25.0 Å². The van der Waals surface area contributed by atoms with Gasteiger partial charge in [0.1, 0.15) is 11.3 Å². The molecule has 0 aromatic heterocycles. The van der Waals surface area contributed by atoms with Crippen LogP contribution < -0.4 is 15.0 Å². The number of hydrogen-bond donors (Lipinski definition) is 1. The molecule has 0 radical (unpaired) electrons. The van der Waals surface area contributed by atoms with Crippen molar-refractivity contribution < 1.29 is 19.1 Å². The summed E-state index contributed by atoms with van der Waals surface area (Å²) in [5.41, 5.74) is 0.918. The van der Waals surface area contributed by atoms with Crippen molar-refractivity contribution in [2.45, 2.75) is 0 Å². The number of anilines is 1. The number of nitrogens with zero attached hydrogens (tertiary/aromatic N) is 1. The highest BCUT2D eigenvalue weighted by Gasteiger charge is 2.36. The molecule has 7 heteroatoms. The van der Waals surface area contributed by atoms with Crippen LogP contribution in [0.3, 0.4) is 0 Å². The lowest BCUT2D eigenvalue weighted by Crippen LogP contribution is -2.54. The predicted octanol–water partition coefficient (Wildman–Crippen LogP) is 4.28. The molecule has 4 rings (SSSR count). The van der Waals surface area contributed by atoms with E-state index in [1.165, 1.54) is 6.08 Å². The van der Waals surface area contributed by atoms with Gasteiger partial charge < -0.3 is 4.74 Å². The molecule has 4 amide bonds. The first-order valence-corrected chi connectivity index (χ1v) is 9.51. The molecule has 1 saturated heterocycles. The van der Waals surface area contributed by atoms with E-state index in [9.17, 15) is 14.4 Å². The van der Waals surface area contributed by atoms with Gasteiger partial charge in [0.05, 0.1) is 12.8 Å². The zero-order valence-corrected chi connectivity index (χ0v) is 16.9. The Bertz CT molecular complexity index is 1190. The van der Waals surface area contributed by atoms with Crippen molar-refractivity contribution in [3.63, 3.8) is 0 Å². The monoisotopic (exact) mass is 450 g/mol. The number of rotatable bonds is 3. The summed E-state index contributed by atoms with van der Waals surface area (Å²) in [6, 6.07) is 17.0. The first-order valence-electron chi connectivity index (χ1n) is 8.72. The van der Waals surface area contributed by atoms with Gasteiger partial charge in [-0.2, -0.15) is 0 Å². The number of fused-ring (bicyclic) bond motifs is 1. The van der Waals surface area contributed by atoms with Crippen molar-refractivity contribution in [1.82, 2.24) is 5.32 Å². The number of halogens is 1. The second kappa shape index (κ2) is 7.52. The lowest BCUT2D eigenvalue weighted by atomic mass is 10.00. The molecule has 0 atom stereocenters.